The third-order valence-corrected chi connectivity index (χ3v) is 5.80. The van der Waals surface area contributed by atoms with Crippen LogP contribution in [0.3, 0.4) is 0 Å². The van der Waals surface area contributed by atoms with Crippen LogP contribution in [0.15, 0.2) is 57.9 Å². The van der Waals surface area contributed by atoms with Crippen LogP contribution in [0.1, 0.15) is 0 Å². The Labute approximate surface area is 180 Å². The fourth-order valence-electron chi connectivity index (χ4n) is 3.73. The summed E-state index contributed by atoms with van der Waals surface area (Å²) in [6.45, 7) is 6.23. The van der Waals surface area contributed by atoms with E-state index in [1.165, 1.54) is 6.26 Å². The van der Waals surface area contributed by atoms with Gasteiger partial charge in [0.05, 0.1) is 17.6 Å². The molecule has 158 valence electrons. The second-order valence-electron chi connectivity index (χ2n) is 7.37. The Morgan fingerprint density at radius 1 is 1.00 bits per heavy atom. The highest BCUT2D eigenvalue weighted by Crippen LogP contribution is 2.27. The molecule has 1 aliphatic rings. The Balaban J connectivity index is 1.40. The molecule has 1 saturated heterocycles. The zero-order chi connectivity index (χ0) is 20.9. The number of benzene rings is 2. The molecule has 3 aromatic rings. The number of β-amino-alcohol motifs (C(OH)–C–C–N with tert-alkyl or cyclic N) is 1. The lowest BCUT2D eigenvalue weighted by Gasteiger charge is -2.34. The molecule has 1 aromatic heterocycles. The summed E-state index contributed by atoms with van der Waals surface area (Å²) >= 11 is 6.23. The molecule has 0 saturated carbocycles. The van der Waals surface area contributed by atoms with Gasteiger partial charge in [-0.3, -0.25) is 14.6 Å². The monoisotopic (exact) mass is 428 g/mol. The van der Waals surface area contributed by atoms with Crippen LogP contribution in [-0.2, 0) is 0 Å². The number of piperazine rings is 1. The number of nitrogens with zero attached hydrogens (tertiary/aromatic N) is 2. The van der Waals surface area contributed by atoms with E-state index in [4.69, 9.17) is 25.9 Å². The van der Waals surface area contributed by atoms with E-state index in [0.717, 1.165) is 39.3 Å². The maximum atomic E-state index is 12.9. The summed E-state index contributed by atoms with van der Waals surface area (Å²) in [5, 5.41) is 10.0. The largest absolute Gasteiger partial charge is 0.492 e. The minimum atomic E-state index is -0.114. The van der Waals surface area contributed by atoms with Gasteiger partial charge >= 0.3 is 0 Å². The molecule has 0 aliphatic carbocycles. The second kappa shape index (κ2) is 9.62. The number of halogens is 1. The minimum Gasteiger partial charge on any atom is -0.492 e. The second-order valence-corrected chi connectivity index (χ2v) is 7.78. The van der Waals surface area contributed by atoms with Gasteiger partial charge in [-0.25, -0.2) is 0 Å². The number of rotatable bonds is 7. The molecule has 1 fully saturated rings. The van der Waals surface area contributed by atoms with Crippen molar-refractivity contribution in [1.82, 2.24) is 9.80 Å². The van der Waals surface area contributed by atoms with E-state index in [-0.39, 0.29) is 12.0 Å². The molecule has 0 radical (unpaired) electrons. The highest BCUT2D eigenvalue weighted by Gasteiger charge is 2.16. The van der Waals surface area contributed by atoms with Gasteiger partial charge in [0, 0.05) is 55.9 Å². The lowest BCUT2D eigenvalue weighted by molar-refractivity contribution is 0.102. The molecule has 0 unspecified atom stereocenters. The van der Waals surface area contributed by atoms with Gasteiger partial charge in [0.1, 0.15) is 24.2 Å². The molecule has 0 atom stereocenters. The van der Waals surface area contributed by atoms with Gasteiger partial charge in [-0.2, -0.15) is 0 Å². The van der Waals surface area contributed by atoms with Crippen molar-refractivity contribution in [2.75, 3.05) is 52.5 Å². The summed E-state index contributed by atoms with van der Waals surface area (Å²) in [7, 11) is 0. The van der Waals surface area contributed by atoms with Crippen molar-refractivity contribution in [2.45, 2.75) is 0 Å². The summed E-state index contributed by atoms with van der Waals surface area (Å²) in [6, 6.07) is 12.5. The molecule has 30 heavy (non-hydrogen) atoms. The van der Waals surface area contributed by atoms with Crippen molar-refractivity contribution in [1.29, 1.82) is 0 Å². The summed E-state index contributed by atoms with van der Waals surface area (Å²) in [6.07, 6.45) is 1.46. The molecule has 0 amide bonds. The Bertz CT molecular complexity index is 1060. The first-order valence-corrected chi connectivity index (χ1v) is 10.5. The average Bonchev–Trinajstić information content (AvgIpc) is 2.76. The van der Waals surface area contributed by atoms with Crippen LogP contribution in [0.2, 0.25) is 5.02 Å². The van der Waals surface area contributed by atoms with Gasteiger partial charge in [-0.05, 0) is 18.2 Å². The molecule has 1 aliphatic heterocycles. The van der Waals surface area contributed by atoms with Crippen LogP contribution in [-0.4, -0.2) is 67.4 Å². The van der Waals surface area contributed by atoms with Crippen LogP contribution >= 0.6 is 11.6 Å². The Morgan fingerprint density at radius 2 is 1.73 bits per heavy atom. The van der Waals surface area contributed by atoms with Crippen molar-refractivity contribution >= 4 is 22.6 Å². The summed E-state index contributed by atoms with van der Waals surface area (Å²) in [5.41, 5.74) is 1.49. The topological polar surface area (TPSA) is 66.2 Å². The molecule has 2 heterocycles. The van der Waals surface area contributed by atoms with Gasteiger partial charge in [0.15, 0.2) is 0 Å². The standard InChI is InChI=1S/C23H25ClN2O4/c24-21-4-2-1-3-18(21)20-16-30-22-15-17(5-6-19(22)23(20)28)29-14-12-26-9-7-25(8-10-26)11-13-27/h1-6,15-16,27H,7-14H2. The zero-order valence-electron chi connectivity index (χ0n) is 16.7. The van der Waals surface area contributed by atoms with Gasteiger partial charge in [0.2, 0.25) is 5.43 Å². The van der Waals surface area contributed by atoms with Crippen molar-refractivity contribution in [2.24, 2.45) is 0 Å². The quantitative estimate of drug-likeness (QED) is 0.623. The summed E-state index contributed by atoms with van der Waals surface area (Å²) < 4.78 is 11.6. The highest BCUT2D eigenvalue weighted by atomic mass is 35.5. The predicted octanol–water partition coefficient (Wildman–Crippen LogP) is 3.10. The van der Waals surface area contributed by atoms with E-state index in [9.17, 15) is 4.79 Å². The van der Waals surface area contributed by atoms with Crippen molar-refractivity contribution in [3.63, 3.8) is 0 Å². The molecular formula is C23H25ClN2O4. The molecule has 0 bridgehead atoms. The molecule has 6 nitrogen and oxygen atoms in total. The molecule has 1 N–H and O–H groups in total. The highest BCUT2D eigenvalue weighted by molar-refractivity contribution is 6.33. The Morgan fingerprint density at radius 3 is 2.47 bits per heavy atom. The number of fused-ring (bicyclic) bond motifs is 1. The maximum Gasteiger partial charge on any atom is 0.200 e. The smallest absolute Gasteiger partial charge is 0.200 e. The van der Waals surface area contributed by atoms with Crippen LogP contribution in [0.25, 0.3) is 22.1 Å². The first kappa shape index (κ1) is 20.9. The number of hydrogen-bond acceptors (Lipinski definition) is 6. The van der Waals surface area contributed by atoms with Gasteiger partial charge in [-0.15, -0.1) is 0 Å². The lowest BCUT2D eigenvalue weighted by Crippen LogP contribution is -2.48. The third kappa shape index (κ3) is 4.68. The van der Waals surface area contributed by atoms with Crippen LogP contribution in [0.4, 0.5) is 0 Å². The van der Waals surface area contributed by atoms with E-state index in [2.05, 4.69) is 9.80 Å². The van der Waals surface area contributed by atoms with Crippen molar-refractivity contribution < 1.29 is 14.3 Å². The maximum absolute atomic E-state index is 12.9. The third-order valence-electron chi connectivity index (χ3n) is 5.47. The van der Waals surface area contributed by atoms with E-state index < -0.39 is 0 Å². The Hall–Kier alpha value is -2.38. The average molecular weight is 429 g/mol. The Kier molecular flexibility index (Phi) is 6.69. The van der Waals surface area contributed by atoms with E-state index >= 15 is 0 Å². The van der Waals surface area contributed by atoms with Gasteiger partial charge in [-0.1, -0.05) is 29.8 Å². The van der Waals surface area contributed by atoms with Crippen molar-refractivity contribution in [3.05, 3.63) is 64.0 Å². The van der Waals surface area contributed by atoms with E-state index in [1.807, 2.05) is 18.2 Å². The zero-order valence-corrected chi connectivity index (χ0v) is 17.5. The van der Waals surface area contributed by atoms with Crippen LogP contribution in [0, 0.1) is 0 Å². The van der Waals surface area contributed by atoms with Crippen LogP contribution < -0.4 is 10.2 Å². The normalized spacial score (nSPS) is 15.5. The molecule has 0 spiro atoms. The number of aliphatic hydroxyl groups is 1. The first-order chi connectivity index (χ1) is 14.7. The lowest BCUT2D eigenvalue weighted by atomic mass is 10.1. The van der Waals surface area contributed by atoms with E-state index in [0.29, 0.717) is 39.5 Å². The van der Waals surface area contributed by atoms with Crippen LogP contribution in [0.5, 0.6) is 5.75 Å². The summed E-state index contributed by atoms with van der Waals surface area (Å²) in [5.74, 6) is 0.676. The number of ether oxygens (including phenoxy) is 1. The summed E-state index contributed by atoms with van der Waals surface area (Å²) in [4.78, 5) is 17.5. The fraction of sp³-hybridized carbons (Fsp3) is 0.348. The first-order valence-electron chi connectivity index (χ1n) is 10.1. The molecule has 7 heteroatoms. The number of hydrogen-bond donors (Lipinski definition) is 1. The number of aliphatic hydroxyl groups excluding tert-OH is 1. The molecule has 4 rings (SSSR count). The van der Waals surface area contributed by atoms with Crippen molar-refractivity contribution in [3.8, 4) is 16.9 Å². The molecule has 2 aromatic carbocycles. The predicted molar refractivity (Wildman–Crippen MR) is 118 cm³/mol. The fourth-order valence-corrected chi connectivity index (χ4v) is 3.97. The SMILES string of the molecule is O=c1c(-c2ccccc2Cl)coc2cc(OCCN3CCN(CCO)CC3)ccc12. The van der Waals surface area contributed by atoms with Gasteiger partial charge < -0.3 is 14.3 Å². The minimum absolute atomic E-state index is 0.114. The van der Waals surface area contributed by atoms with E-state index in [1.54, 1.807) is 24.3 Å². The molecular weight excluding hydrogens is 404 g/mol. The van der Waals surface area contributed by atoms with Gasteiger partial charge in [0.25, 0.3) is 0 Å².